The van der Waals surface area contributed by atoms with E-state index >= 15 is 0 Å². The molecule has 0 aliphatic carbocycles. The number of carbonyl (C=O) groups is 2. The van der Waals surface area contributed by atoms with Crippen molar-refractivity contribution in [1.82, 2.24) is 4.90 Å². The zero-order valence-electron chi connectivity index (χ0n) is 10.2. The van der Waals surface area contributed by atoms with Crippen LogP contribution in [0, 0.1) is 5.92 Å². The number of anilines is 1. The molecule has 1 fully saturated rings. The number of halogens is 3. The first-order chi connectivity index (χ1) is 9.36. The summed E-state index contributed by atoms with van der Waals surface area (Å²) in [4.78, 5) is 24.0. The van der Waals surface area contributed by atoms with Crippen LogP contribution in [0.15, 0.2) is 12.1 Å². The number of amides is 2. The first-order valence-electron chi connectivity index (χ1n) is 5.79. The standard InChI is InChI=1S/C12H11Cl3N2O3/c13-7-2-8(14)11(9(15)3-7)16-12(20)17-4-6(5-17)1-10(18)19/h2-3,6H,1,4-5H2,(H,16,20)(H,18,19). The lowest BCUT2D eigenvalue weighted by atomic mass is 9.97. The molecular weight excluding hydrogens is 327 g/mol. The Hall–Kier alpha value is -1.17. The van der Waals surface area contributed by atoms with Crippen LogP contribution in [0.2, 0.25) is 15.1 Å². The summed E-state index contributed by atoms with van der Waals surface area (Å²) < 4.78 is 0. The van der Waals surface area contributed by atoms with Crippen LogP contribution >= 0.6 is 34.8 Å². The van der Waals surface area contributed by atoms with Crippen molar-refractivity contribution in [3.63, 3.8) is 0 Å². The summed E-state index contributed by atoms with van der Waals surface area (Å²) in [5, 5.41) is 12.1. The summed E-state index contributed by atoms with van der Waals surface area (Å²) >= 11 is 17.7. The first-order valence-corrected chi connectivity index (χ1v) is 6.92. The van der Waals surface area contributed by atoms with E-state index in [-0.39, 0.29) is 28.4 Å². The van der Waals surface area contributed by atoms with Crippen molar-refractivity contribution in [1.29, 1.82) is 0 Å². The van der Waals surface area contributed by atoms with Crippen molar-refractivity contribution >= 4 is 52.5 Å². The number of nitrogens with one attached hydrogen (secondary N) is 1. The topological polar surface area (TPSA) is 69.6 Å². The van der Waals surface area contributed by atoms with Gasteiger partial charge in [-0.25, -0.2) is 4.79 Å². The highest BCUT2D eigenvalue weighted by Crippen LogP contribution is 2.34. The number of hydrogen-bond donors (Lipinski definition) is 2. The number of carbonyl (C=O) groups excluding carboxylic acids is 1. The molecule has 0 saturated carbocycles. The van der Waals surface area contributed by atoms with Crippen LogP contribution in [0.3, 0.4) is 0 Å². The summed E-state index contributed by atoms with van der Waals surface area (Å²) in [6.45, 7) is 0.807. The molecule has 0 radical (unpaired) electrons. The van der Waals surface area contributed by atoms with Gasteiger partial charge in [0.25, 0.3) is 0 Å². The molecule has 0 atom stereocenters. The van der Waals surface area contributed by atoms with Crippen LogP contribution in [0.1, 0.15) is 6.42 Å². The smallest absolute Gasteiger partial charge is 0.321 e. The minimum absolute atomic E-state index is 0.00517. The van der Waals surface area contributed by atoms with Crippen molar-refractivity contribution in [3.05, 3.63) is 27.2 Å². The number of rotatable bonds is 3. The van der Waals surface area contributed by atoms with Crippen molar-refractivity contribution in [2.75, 3.05) is 18.4 Å². The Labute approximate surface area is 130 Å². The van der Waals surface area contributed by atoms with Gasteiger partial charge in [0.15, 0.2) is 0 Å². The van der Waals surface area contributed by atoms with Gasteiger partial charge in [-0.1, -0.05) is 34.8 Å². The molecule has 1 aromatic carbocycles. The Morgan fingerprint density at radius 1 is 1.25 bits per heavy atom. The van der Waals surface area contributed by atoms with Crippen LogP contribution in [0.25, 0.3) is 0 Å². The van der Waals surface area contributed by atoms with Gasteiger partial charge in [-0.3, -0.25) is 4.79 Å². The predicted octanol–water partition coefficient (Wildman–Crippen LogP) is 3.59. The molecule has 0 spiro atoms. The Morgan fingerprint density at radius 3 is 2.30 bits per heavy atom. The normalized spacial score (nSPS) is 14.8. The SMILES string of the molecule is O=C(O)CC1CN(C(=O)Nc2c(Cl)cc(Cl)cc2Cl)C1. The second-order valence-electron chi connectivity index (χ2n) is 4.54. The van der Waals surface area contributed by atoms with E-state index in [0.29, 0.717) is 23.8 Å². The second-order valence-corrected chi connectivity index (χ2v) is 5.79. The molecule has 1 heterocycles. The van der Waals surface area contributed by atoms with Gasteiger partial charge < -0.3 is 15.3 Å². The summed E-state index contributed by atoms with van der Waals surface area (Å²) in [5.74, 6) is -0.867. The van der Waals surface area contributed by atoms with Crippen molar-refractivity contribution < 1.29 is 14.7 Å². The predicted molar refractivity (Wildman–Crippen MR) is 77.8 cm³/mol. The van der Waals surface area contributed by atoms with Gasteiger partial charge in [-0.2, -0.15) is 0 Å². The van der Waals surface area contributed by atoms with E-state index < -0.39 is 5.97 Å². The Morgan fingerprint density at radius 2 is 1.80 bits per heavy atom. The van der Waals surface area contributed by atoms with Gasteiger partial charge in [-0.15, -0.1) is 0 Å². The largest absolute Gasteiger partial charge is 0.481 e. The molecule has 2 N–H and O–H groups in total. The number of carboxylic acids is 1. The highest BCUT2D eigenvalue weighted by Gasteiger charge is 2.32. The summed E-state index contributed by atoms with van der Waals surface area (Å²) in [5.41, 5.74) is 0.296. The van der Waals surface area contributed by atoms with E-state index in [2.05, 4.69) is 5.32 Å². The zero-order chi connectivity index (χ0) is 14.9. The van der Waals surface area contributed by atoms with Crippen molar-refractivity contribution in [2.24, 2.45) is 5.92 Å². The minimum Gasteiger partial charge on any atom is -0.481 e. The zero-order valence-corrected chi connectivity index (χ0v) is 12.5. The number of aliphatic carboxylic acids is 1. The lowest BCUT2D eigenvalue weighted by molar-refractivity contribution is -0.139. The Balaban J connectivity index is 1.95. The van der Waals surface area contributed by atoms with Gasteiger partial charge in [-0.05, 0) is 12.1 Å². The van der Waals surface area contributed by atoms with Crippen molar-refractivity contribution in [3.8, 4) is 0 Å². The number of benzene rings is 1. The molecule has 8 heteroatoms. The summed E-state index contributed by atoms with van der Waals surface area (Å²) in [7, 11) is 0. The van der Waals surface area contributed by atoms with E-state index in [0.717, 1.165) is 0 Å². The maximum Gasteiger partial charge on any atom is 0.321 e. The maximum atomic E-state index is 11.9. The molecule has 0 bridgehead atoms. The van der Waals surface area contributed by atoms with Gasteiger partial charge in [0.1, 0.15) is 0 Å². The Kier molecular flexibility index (Phi) is 4.62. The molecule has 1 saturated heterocycles. The molecule has 5 nitrogen and oxygen atoms in total. The van der Waals surface area contributed by atoms with Crippen LogP contribution in [0.4, 0.5) is 10.5 Å². The molecule has 108 valence electrons. The lowest BCUT2D eigenvalue weighted by Gasteiger charge is -2.38. The average Bonchev–Trinajstić information content (AvgIpc) is 2.27. The third-order valence-corrected chi connectivity index (χ3v) is 3.76. The molecule has 0 aromatic heterocycles. The third-order valence-electron chi connectivity index (χ3n) is 2.95. The van der Waals surface area contributed by atoms with Crippen LogP contribution in [-0.4, -0.2) is 35.1 Å². The van der Waals surface area contributed by atoms with E-state index in [1.807, 2.05) is 0 Å². The van der Waals surface area contributed by atoms with Gasteiger partial charge >= 0.3 is 12.0 Å². The fourth-order valence-corrected chi connectivity index (χ4v) is 2.87. The Bertz CT molecular complexity index is 536. The van der Waals surface area contributed by atoms with Gasteiger partial charge in [0.05, 0.1) is 22.2 Å². The highest BCUT2D eigenvalue weighted by molar-refractivity contribution is 6.42. The number of nitrogens with zero attached hydrogens (tertiary/aromatic N) is 1. The number of likely N-dealkylation sites (tertiary alicyclic amines) is 1. The monoisotopic (exact) mass is 336 g/mol. The van der Waals surface area contributed by atoms with Gasteiger partial charge in [0, 0.05) is 24.0 Å². The molecular formula is C12H11Cl3N2O3. The molecule has 1 aliphatic rings. The third kappa shape index (κ3) is 3.48. The van der Waals surface area contributed by atoms with Crippen molar-refractivity contribution in [2.45, 2.75) is 6.42 Å². The molecule has 1 aromatic rings. The fourth-order valence-electron chi connectivity index (χ4n) is 1.96. The molecule has 2 rings (SSSR count). The average molecular weight is 338 g/mol. The second kappa shape index (κ2) is 6.08. The number of urea groups is 1. The lowest BCUT2D eigenvalue weighted by Crippen LogP contribution is -2.52. The fraction of sp³-hybridized carbons (Fsp3) is 0.333. The van der Waals surface area contributed by atoms with E-state index in [1.54, 1.807) is 0 Å². The van der Waals surface area contributed by atoms with E-state index in [1.165, 1.54) is 17.0 Å². The maximum absolute atomic E-state index is 11.9. The van der Waals surface area contributed by atoms with Crippen LogP contribution in [0.5, 0.6) is 0 Å². The van der Waals surface area contributed by atoms with Crippen LogP contribution in [-0.2, 0) is 4.79 Å². The summed E-state index contributed by atoms with van der Waals surface area (Å²) in [6.07, 6.45) is 0.0617. The molecule has 20 heavy (non-hydrogen) atoms. The first kappa shape index (κ1) is 15.2. The number of hydrogen-bond acceptors (Lipinski definition) is 2. The van der Waals surface area contributed by atoms with Crippen LogP contribution < -0.4 is 5.32 Å². The summed E-state index contributed by atoms with van der Waals surface area (Å²) in [6, 6.07) is 2.60. The van der Waals surface area contributed by atoms with E-state index in [4.69, 9.17) is 39.9 Å². The molecule has 2 amide bonds. The van der Waals surface area contributed by atoms with E-state index in [9.17, 15) is 9.59 Å². The minimum atomic E-state index is -0.862. The molecule has 0 unspecified atom stereocenters. The number of carboxylic acid groups (broad SMARTS) is 1. The van der Waals surface area contributed by atoms with Gasteiger partial charge in [0.2, 0.25) is 0 Å². The highest BCUT2D eigenvalue weighted by atomic mass is 35.5. The molecule has 1 aliphatic heterocycles. The quantitative estimate of drug-likeness (QED) is 0.885.